The number of nitrogens with two attached hydrogens (primary N) is 1. The lowest BCUT2D eigenvalue weighted by molar-refractivity contribution is 0.440. The number of ether oxygens (including phenoxy) is 1. The van der Waals surface area contributed by atoms with Gasteiger partial charge in [-0.1, -0.05) is 30.3 Å². The Morgan fingerprint density at radius 2 is 1.84 bits per heavy atom. The average Bonchev–Trinajstić information content (AvgIpc) is 2.47. The third kappa shape index (κ3) is 2.53. The van der Waals surface area contributed by atoms with E-state index in [1.807, 2.05) is 36.4 Å². The van der Waals surface area contributed by atoms with Crippen LogP contribution in [0.25, 0.3) is 10.8 Å². The van der Waals surface area contributed by atoms with Gasteiger partial charge in [-0.15, -0.1) is 0 Å². The zero-order valence-corrected chi connectivity index (χ0v) is 10.3. The van der Waals surface area contributed by atoms with E-state index in [9.17, 15) is 0 Å². The molecule has 2 N–H and O–H groups in total. The number of benzene rings is 2. The maximum absolute atomic E-state index is 5.65. The van der Waals surface area contributed by atoms with E-state index < -0.39 is 0 Å². The molecule has 0 aliphatic heterocycles. The van der Waals surface area contributed by atoms with Crippen molar-refractivity contribution in [3.05, 3.63) is 60.4 Å². The van der Waals surface area contributed by atoms with Gasteiger partial charge in [0, 0.05) is 12.7 Å². The molecule has 0 saturated heterocycles. The van der Waals surface area contributed by atoms with Gasteiger partial charge in [0.2, 0.25) is 0 Å². The monoisotopic (exact) mass is 251 g/mol. The second-order valence-corrected chi connectivity index (χ2v) is 4.15. The molecule has 0 fully saturated rings. The second-order valence-electron chi connectivity index (χ2n) is 4.15. The van der Waals surface area contributed by atoms with E-state index in [2.05, 4.69) is 16.0 Å². The molecule has 19 heavy (non-hydrogen) atoms. The quantitative estimate of drug-likeness (QED) is 0.777. The Balaban J connectivity index is 1.92. The van der Waals surface area contributed by atoms with Crippen LogP contribution in [-0.2, 0) is 6.54 Å². The lowest BCUT2D eigenvalue weighted by atomic mass is 10.1. The van der Waals surface area contributed by atoms with Gasteiger partial charge in [0.1, 0.15) is 5.75 Å². The lowest BCUT2D eigenvalue weighted by Crippen LogP contribution is -2.01. The van der Waals surface area contributed by atoms with Gasteiger partial charge in [0.25, 0.3) is 0 Å². The van der Waals surface area contributed by atoms with Gasteiger partial charge in [-0.25, -0.2) is 4.98 Å². The largest absolute Gasteiger partial charge is 0.424 e. The molecule has 0 unspecified atom stereocenters. The number of rotatable bonds is 3. The third-order valence-electron chi connectivity index (χ3n) is 2.83. The zero-order valence-electron chi connectivity index (χ0n) is 10.3. The molecule has 0 saturated carbocycles. The SMILES string of the molecule is NCc1ccnc(Oc2ccc3ccccc3c2)n1. The van der Waals surface area contributed by atoms with Gasteiger partial charge >= 0.3 is 6.01 Å². The van der Waals surface area contributed by atoms with E-state index in [1.165, 1.54) is 5.39 Å². The van der Waals surface area contributed by atoms with Crippen molar-refractivity contribution < 1.29 is 4.74 Å². The zero-order chi connectivity index (χ0) is 13.1. The molecule has 0 aliphatic carbocycles. The van der Waals surface area contributed by atoms with Gasteiger partial charge in [-0.05, 0) is 29.0 Å². The van der Waals surface area contributed by atoms with E-state index in [1.54, 1.807) is 12.3 Å². The summed E-state index contributed by atoms with van der Waals surface area (Å²) in [5.41, 5.74) is 6.30. The molecule has 2 aromatic carbocycles. The lowest BCUT2D eigenvalue weighted by Gasteiger charge is -2.05. The molecule has 1 aromatic heterocycles. The van der Waals surface area contributed by atoms with Crippen LogP contribution in [0, 0.1) is 0 Å². The Kier molecular flexibility index (Phi) is 3.08. The first kappa shape index (κ1) is 11.6. The van der Waals surface area contributed by atoms with Gasteiger partial charge in [-0.3, -0.25) is 0 Å². The van der Waals surface area contributed by atoms with Crippen LogP contribution in [0.3, 0.4) is 0 Å². The van der Waals surface area contributed by atoms with Crippen molar-refractivity contribution in [2.45, 2.75) is 6.54 Å². The Labute approximate surface area is 110 Å². The molecule has 0 aliphatic rings. The van der Waals surface area contributed by atoms with Gasteiger partial charge in [0.15, 0.2) is 0 Å². The molecule has 4 nitrogen and oxygen atoms in total. The summed E-state index contributed by atoms with van der Waals surface area (Å²) in [5.74, 6) is 0.716. The van der Waals surface area contributed by atoms with E-state index in [0.29, 0.717) is 18.3 Å². The molecule has 1 heterocycles. The highest BCUT2D eigenvalue weighted by molar-refractivity contribution is 5.83. The van der Waals surface area contributed by atoms with Crippen LogP contribution < -0.4 is 10.5 Å². The highest BCUT2D eigenvalue weighted by atomic mass is 16.5. The second kappa shape index (κ2) is 5.04. The first-order valence-corrected chi connectivity index (χ1v) is 6.04. The highest BCUT2D eigenvalue weighted by Crippen LogP contribution is 2.23. The van der Waals surface area contributed by atoms with Crippen LogP contribution >= 0.6 is 0 Å². The summed E-state index contributed by atoms with van der Waals surface area (Å²) in [7, 11) is 0. The number of hydrogen-bond acceptors (Lipinski definition) is 4. The molecule has 0 radical (unpaired) electrons. The topological polar surface area (TPSA) is 61.0 Å². The predicted octanol–water partition coefficient (Wildman–Crippen LogP) is 2.88. The minimum atomic E-state index is 0.318. The van der Waals surface area contributed by atoms with Crippen molar-refractivity contribution in [3.8, 4) is 11.8 Å². The van der Waals surface area contributed by atoms with Crippen molar-refractivity contribution in [2.24, 2.45) is 5.73 Å². The Morgan fingerprint density at radius 3 is 2.68 bits per heavy atom. The molecule has 0 bridgehead atoms. The molecule has 0 atom stereocenters. The highest BCUT2D eigenvalue weighted by Gasteiger charge is 2.02. The third-order valence-corrected chi connectivity index (χ3v) is 2.83. The Morgan fingerprint density at radius 1 is 1.00 bits per heavy atom. The standard InChI is InChI=1S/C15H13N3O/c16-10-13-7-8-17-15(18-13)19-14-6-5-11-3-1-2-4-12(11)9-14/h1-9H,10,16H2. The fourth-order valence-electron chi connectivity index (χ4n) is 1.88. The minimum absolute atomic E-state index is 0.318. The molecule has 0 amide bonds. The van der Waals surface area contributed by atoms with Gasteiger partial charge in [-0.2, -0.15) is 4.98 Å². The van der Waals surface area contributed by atoms with Crippen molar-refractivity contribution in [3.63, 3.8) is 0 Å². The smallest absolute Gasteiger partial charge is 0.322 e. The van der Waals surface area contributed by atoms with Crippen molar-refractivity contribution in [1.82, 2.24) is 9.97 Å². The van der Waals surface area contributed by atoms with Crippen molar-refractivity contribution in [1.29, 1.82) is 0 Å². The van der Waals surface area contributed by atoms with E-state index in [4.69, 9.17) is 10.5 Å². The summed E-state index contributed by atoms with van der Waals surface area (Å²) >= 11 is 0. The molecular formula is C15H13N3O. The summed E-state index contributed by atoms with van der Waals surface area (Å²) in [6, 6.07) is 16.1. The molecule has 3 aromatic rings. The maximum atomic E-state index is 5.65. The van der Waals surface area contributed by atoms with E-state index in [0.717, 1.165) is 11.1 Å². The van der Waals surface area contributed by atoms with Crippen LogP contribution in [0.15, 0.2) is 54.7 Å². The summed E-state index contributed by atoms with van der Waals surface area (Å²) in [5, 5.41) is 2.29. The first-order valence-electron chi connectivity index (χ1n) is 6.04. The van der Waals surface area contributed by atoms with Gasteiger partial charge < -0.3 is 10.5 Å². The number of nitrogens with zero attached hydrogens (tertiary/aromatic N) is 2. The van der Waals surface area contributed by atoms with Crippen LogP contribution in [0.2, 0.25) is 0 Å². The Bertz CT molecular complexity index is 712. The average molecular weight is 251 g/mol. The predicted molar refractivity (Wildman–Crippen MR) is 73.9 cm³/mol. The number of fused-ring (bicyclic) bond motifs is 1. The van der Waals surface area contributed by atoms with E-state index in [-0.39, 0.29) is 0 Å². The summed E-state index contributed by atoms with van der Waals surface area (Å²) in [6.07, 6.45) is 1.64. The normalized spacial score (nSPS) is 10.6. The van der Waals surface area contributed by atoms with Gasteiger partial charge in [0.05, 0.1) is 5.69 Å². The first-order chi connectivity index (χ1) is 9.35. The minimum Gasteiger partial charge on any atom is -0.424 e. The molecule has 94 valence electrons. The molecule has 4 heteroatoms. The molecule has 0 spiro atoms. The Hall–Kier alpha value is -2.46. The van der Waals surface area contributed by atoms with Crippen molar-refractivity contribution >= 4 is 10.8 Å². The van der Waals surface area contributed by atoms with Crippen LogP contribution in [0.5, 0.6) is 11.8 Å². The summed E-state index contributed by atoms with van der Waals surface area (Å²) in [4.78, 5) is 8.28. The van der Waals surface area contributed by atoms with Crippen LogP contribution in [-0.4, -0.2) is 9.97 Å². The summed E-state index contributed by atoms with van der Waals surface area (Å²) < 4.78 is 5.65. The fourth-order valence-corrected chi connectivity index (χ4v) is 1.88. The van der Waals surface area contributed by atoms with Crippen LogP contribution in [0.4, 0.5) is 0 Å². The number of aromatic nitrogens is 2. The molecule has 3 rings (SSSR count). The van der Waals surface area contributed by atoms with Crippen molar-refractivity contribution in [2.75, 3.05) is 0 Å². The summed E-state index contributed by atoms with van der Waals surface area (Å²) in [6.45, 7) is 0.372. The maximum Gasteiger partial charge on any atom is 0.322 e. The van der Waals surface area contributed by atoms with Crippen LogP contribution in [0.1, 0.15) is 5.69 Å². The van der Waals surface area contributed by atoms with E-state index >= 15 is 0 Å². The fraction of sp³-hybridized carbons (Fsp3) is 0.0667. The number of hydrogen-bond donors (Lipinski definition) is 1. The molecular weight excluding hydrogens is 238 g/mol.